The van der Waals surface area contributed by atoms with Crippen molar-refractivity contribution in [2.24, 2.45) is 0 Å². The summed E-state index contributed by atoms with van der Waals surface area (Å²) in [6, 6.07) is 16.7. The summed E-state index contributed by atoms with van der Waals surface area (Å²) < 4.78 is 0. The van der Waals surface area contributed by atoms with Gasteiger partial charge in [-0.15, -0.1) is 0 Å². The van der Waals surface area contributed by atoms with E-state index in [2.05, 4.69) is 36.5 Å². The van der Waals surface area contributed by atoms with Crippen molar-refractivity contribution < 1.29 is 4.79 Å². The lowest BCUT2D eigenvalue weighted by atomic mass is 9.99. The van der Waals surface area contributed by atoms with E-state index in [-0.39, 0.29) is 12.1 Å². The zero-order valence-electron chi connectivity index (χ0n) is 14.6. The van der Waals surface area contributed by atoms with E-state index in [1.54, 1.807) is 0 Å². The predicted molar refractivity (Wildman–Crippen MR) is 99.3 cm³/mol. The lowest BCUT2D eigenvalue weighted by Crippen LogP contribution is -2.38. The minimum absolute atomic E-state index is 0.00672. The van der Waals surface area contributed by atoms with Crippen LogP contribution in [-0.4, -0.2) is 17.5 Å². The molecule has 0 spiro atoms. The lowest BCUT2D eigenvalue weighted by Gasteiger charge is -2.31. The van der Waals surface area contributed by atoms with E-state index in [1.165, 1.54) is 29.5 Å². The molecule has 126 valence electrons. The Morgan fingerprint density at radius 3 is 2.54 bits per heavy atom. The largest absolute Gasteiger partial charge is 0.322 e. The van der Waals surface area contributed by atoms with Crippen LogP contribution in [0.2, 0.25) is 0 Å². The molecule has 2 aromatic carbocycles. The molecule has 0 aromatic heterocycles. The van der Waals surface area contributed by atoms with Crippen molar-refractivity contribution in [1.29, 1.82) is 0 Å². The second-order valence-corrected chi connectivity index (χ2v) is 6.77. The molecule has 3 rings (SSSR count). The van der Waals surface area contributed by atoms with Gasteiger partial charge in [-0.25, -0.2) is 4.79 Å². The quantitative estimate of drug-likeness (QED) is 0.783. The Hall–Kier alpha value is -2.29. The van der Waals surface area contributed by atoms with Crippen molar-refractivity contribution in [1.82, 2.24) is 4.90 Å². The monoisotopic (exact) mass is 322 g/mol. The van der Waals surface area contributed by atoms with Gasteiger partial charge in [0.05, 0.1) is 6.04 Å². The molecule has 2 aromatic rings. The van der Waals surface area contributed by atoms with Crippen molar-refractivity contribution in [3.05, 3.63) is 65.2 Å². The molecular weight excluding hydrogens is 296 g/mol. The Labute approximate surface area is 144 Å². The number of hydrogen-bond donors (Lipinski definition) is 1. The first kappa shape index (κ1) is 16.6. The molecule has 1 heterocycles. The first-order chi connectivity index (χ1) is 11.6. The highest BCUT2D eigenvalue weighted by atomic mass is 16.2. The summed E-state index contributed by atoms with van der Waals surface area (Å²) in [4.78, 5) is 14.9. The van der Waals surface area contributed by atoms with Gasteiger partial charge in [0.15, 0.2) is 0 Å². The van der Waals surface area contributed by atoms with Gasteiger partial charge in [-0.2, -0.15) is 0 Å². The maximum absolute atomic E-state index is 12.9. The molecule has 2 amide bonds. The van der Waals surface area contributed by atoms with Crippen LogP contribution < -0.4 is 5.32 Å². The number of urea groups is 1. The summed E-state index contributed by atoms with van der Waals surface area (Å²) in [5.74, 6) is 0. The Balaban J connectivity index is 1.81. The van der Waals surface area contributed by atoms with Gasteiger partial charge in [-0.05, 0) is 44.4 Å². The summed E-state index contributed by atoms with van der Waals surface area (Å²) >= 11 is 0. The first-order valence-corrected chi connectivity index (χ1v) is 8.84. The molecule has 1 atom stereocenters. The number of amides is 2. The van der Waals surface area contributed by atoms with Crippen LogP contribution in [-0.2, 0) is 0 Å². The van der Waals surface area contributed by atoms with Crippen LogP contribution in [0.25, 0.3) is 0 Å². The minimum atomic E-state index is 0.00672. The highest BCUT2D eigenvalue weighted by molar-refractivity contribution is 5.89. The number of anilines is 1. The number of carbonyl (C=O) groups is 1. The molecule has 1 saturated heterocycles. The van der Waals surface area contributed by atoms with Crippen LogP contribution in [0, 0.1) is 13.8 Å². The normalized spacial score (nSPS) is 18.1. The Bertz CT molecular complexity index is 693. The Kier molecular flexibility index (Phi) is 5.19. The molecule has 3 heteroatoms. The van der Waals surface area contributed by atoms with Gasteiger partial charge in [0.25, 0.3) is 0 Å². The maximum Gasteiger partial charge on any atom is 0.322 e. The van der Waals surface area contributed by atoms with E-state index >= 15 is 0 Å². The van der Waals surface area contributed by atoms with Gasteiger partial charge in [0.2, 0.25) is 0 Å². The molecule has 1 aliphatic rings. The standard InChI is InChI=1S/C21H26N2O/c1-16-10-12-19(13-11-16)22-21(24)23-14-5-3-4-9-20(23)18-8-6-7-17(2)15-18/h6-8,10-13,15,20H,3-5,9,14H2,1-2H3,(H,22,24). The van der Waals surface area contributed by atoms with E-state index in [4.69, 9.17) is 0 Å². The maximum atomic E-state index is 12.9. The van der Waals surface area contributed by atoms with E-state index in [0.29, 0.717) is 0 Å². The third-order valence-corrected chi connectivity index (χ3v) is 4.74. The fourth-order valence-electron chi connectivity index (χ4n) is 3.41. The van der Waals surface area contributed by atoms with Gasteiger partial charge in [-0.3, -0.25) is 0 Å². The second-order valence-electron chi connectivity index (χ2n) is 6.77. The molecule has 0 aliphatic carbocycles. The topological polar surface area (TPSA) is 32.3 Å². The lowest BCUT2D eigenvalue weighted by molar-refractivity contribution is 0.189. The van der Waals surface area contributed by atoms with Crippen molar-refractivity contribution in [3.8, 4) is 0 Å². The fraction of sp³-hybridized carbons (Fsp3) is 0.381. The van der Waals surface area contributed by atoms with E-state index in [1.807, 2.05) is 36.1 Å². The van der Waals surface area contributed by atoms with Gasteiger partial charge in [-0.1, -0.05) is 60.4 Å². The average molecular weight is 322 g/mol. The second kappa shape index (κ2) is 7.52. The zero-order valence-corrected chi connectivity index (χ0v) is 14.6. The summed E-state index contributed by atoms with van der Waals surface area (Å²) in [5.41, 5.74) is 4.55. The number of benzene rings is 2. The highest BCUT2D eigenvalue weighted by Crippen LogP contribution is 2.31. The summed E-state index contributed by atoms with van der Waals surface area (Å²) in [6.45, 7) is 4.97. The first-order valence-electron chi connectivity index (χ1n) is 8.84. The van der Waals surface area contributed by atoms with Crippen molar-refractivity contribution >= 4 is 11.7 Å². The molecule has 1 fully saturated rings. The smallest absolute Gasteiger partial charge is 0.317 e. The van der Waals surface area contributed by atoms with Crippen LogP contribution in [0.1, 0.15) is 48.4 Å². The Morgan fingerprint density at radius 1 is 1.00 bits per heavy atom. The van der Waals surface area contributed by atoms with E-state index in [0.717, 1.165) is 25.1 Å². The molecule has 0 saturated carbocycles. The Morgan fingerprint density at radius 2 is 1.79 bits per heavy atom. The van der Waals surface area contributed by atoms with Gasteiger partial charge in [0.1, 0.15) is 0 Å². The molecule has 0 bridgehead atoms. The third kappa shape index (κ3) is 3.97. The number of aryl methyl sites for hydroxylation is 2. The van der Waals surface area contributed by atoms with Crippen LogP contribution in [0.15, 0.2) is 48.5 Å². The SMILES string of the molecule is Cc1ccc(NC(=O)N2CCCCCC2c2cccc(C)c2)cc1. The van der Waals surface area contributed by atoms with Crippen molar-refractivity contribution in [2.75, 3.05) is 11.9 Å². The minimum Gasteiger partial charge on any atom is -0.317 e. The van der Waals surface area contributed by atoms with Crippen LogP contribution >= 0.6 is 0 Å². The van der Waals surface area contributed by atoms with Gasteiger partial charge in [0, 0.05) is 12.2 Å². The molecule has 1 aliphatic heterocycles. The zero-order chi connectivity index (χ0) is 16.9. The van der Waals surface area contributed by atoms with Crippen LogP contribution in [0.3, 0.4) is 0 Å². The number of hydrogen-bond acceptors (Lipinski definition) is 1. The predicted octanol–water partition coefficient (Wildman–Crippen LogP) is 5.45. The molecule has 1 N–H and O–H groups in total. The van der Waals surface area contributed by atoms with Crippen molar-refractivity contribution in [2.45, 2.75) is 45.6 Å². The number of nitrogens with one attached hydrogen (secondary N) is 1. The van der Waals surface area contributed by atoms with E-state index < -0.39 is 0 Å². The summed E-state index contributed by atoms with van der Waals surface area (Å²) in [7, 11) is 0. The van der Waals surface area contributed by atoms with Crippen LogP contribution in [0.4, 0.5) is 10.5 Å². The highest BCUT2D eigenvalue weighted by Gasteiger charge is 2.26. The average Bonchev–Trinajstić information content (AvgIpc) is 2.83. The molecule has 3 nitrogen and oxygen atoms in total. The molecule has 1 unspecified atom stereocenters. The summed E-state index contributed by atoms with van der Waals surface area (Å²) in [6.07, 6.45) is 4.47. The van der Waals surface area contributed by atoms with Gasteiger partial charge >= 0.3 is 6.03 Å². The molecular formula is C21H26N2O. The van der Waals surface area contributed by atoms with Crippen LogP contribution in [0.5, 0.6) is 0 Å². The number of carbonyl (C=O) groups excluding carboxylic acids is 1. The summed E-state index contributed by atoms with van der Waals surface area (Å²) in [5, 5.41) is 3.07. The number of likely N-dealkylation sites (tertiary alicyclic amines) is 1. The molecule has 0 radical (unpaired) electrons. The molecule has 24 heavy (non-hydrogen) atoms. The van der Waals surface area contributed by atoms with Gasteiger partial charge < -0.3 is 10.2 Å². The number of nitrogens with zero attached hydrogens (tertiary/aromatic N) is 1. The van der Waals surface area contributed by atoms with Crippen molar-refractivity contribution in [3.63, 3.8) is 0 Å². The number of rotatable bonds is 2. The third-order valence-electron chi connectivity index (χ3n) is 4.74. The van der Waals surface area contributed by atoms with E-state index in [9.17, 15) is 4.79 Å². The fourth-order valence-corrected chi connectivity index (χ4v) is 3.41.